The summed E-state index contributed by atoms with van der Waals surface area (Å²) in [5.41, 5.74) is 1.07. The Bertz CT molecular complexity index is 528. The van der Waals surface area contributed by atoms with Crippen LogP contribution in [-0.4, -0.2) is 45.8 Å². The third-order valence-electron chi connectivity index (χ3n) is 3.39. The van der Waals surface area contributed by atoms with E-state index in [2.05, 4.69) is 32.4 Å². The lowest BCUT2D eigenvalue weighted by molar-refractivity contribution is 0.228. The van der Waals surface area contributed by atoms with E-state index in [0.717, 1.165) is 50.1 Å². The molecule has 19 heavy (non-hydrogen) atoms. The molecule has 0 radical (unpaired) electrons. The van der Waals surface area contributed by atoms with Crippen molar-refractivity contribution in [2.45, 2.75) is 13.5 Å². The van der Waals surface area contributed by atoms with Crippen molar-refractivity contribution >= 4 is 0 Å². The van der Waals surface area contributed by atoms with E-state index in [-0.39, 0.29) is 0 Å². The number of piperazine rings is 1. The molecule has 1 fully saturated rings. The Hall–Kier alpha value is -1.72. The SMILES string of the molecule is Cc1nc(CN2CCNCC2)nn1-c1ccccc1. The summed E-state index contributed by atoms with van der Waals surface area (Å²) in [6, 6.07) is 10.2. The Kier molecular flexibility index (Phi) is 3.57. The maximum absolute atomic E-state index is 4.62. The lowest BCUT2D eigenvalue weighted by Gasteiger charge is -2.25. The van der Waals surface area contributed by atoms with Gasteiger partial charge in [-0.3, -0.25) is 4.90 Å². The fraction of sp³-hybridized carbons (Fsp3) is 0.429. The van der Waals surface area contributed by atoms with E-state index in [1.807, 2.05) is 29.8 Å². The van der Waals surface area contributed by atoms with E-state index in [1.54, 1.807) is 0 Å². The first kappa shape index (κ1) is 12.3. The van der Waals surface area contributed by atoms with Gasteiger partial charge in [0, 0.05) is 26.2 Å². The number of aryl methyl sites for hydroxylation is 1. The summed E-state index contributed by atoms with van der Waals surface area (Å²) in [7, 11) is 0. The molecule has 0 aliphatic carbocycles. The van der Waals surface area contributed by atoms with Gasteiger partial charge < -0.3 is 5.32 Å². The minimum atomic E-state index is 0.836. The van der Waals surface area contributed by atoms with Crippen LogP contribution in [0.25, 0.3) is 5.69 Å². The molecular weight excluding hydrogens is 238 g/mol. The van der Waals surface area contributed by atoms with Crippen molar-refractivity contribution in [2.24, 2.45) is 0 Å². The molecular formula is C14H19N5. The highest BCUT2D eigenvalue weighted by Gasteiger charge is 2.14. The first-order valence-corrected chi connectivity index (χ1v) is 6.74. The Labute approximate surface area is 113 Å². The predicted octanol–water partition coefficient (Wildman–Crippen LogP) is 0.981. The summed E-state index contributed by atoms with van der Waals surface area (Å²) >= 11 is 0. The molecule has 100 valence electrons. The first-order chi connectivity index (χ1) is 9.33. The summed E-state index contributed by atoms with van der Waals surface area (Å²) < 4.78 is 1.91. The average molecular weight is 257 g/mol. The van der Waals surface area contributed by atoms with Gasteiger partial charge >= 0.3 is 0 Å². The monoisotopic (exact) mass is 257 g/mol. The van der Waals surface area contributed by atoms with Crippen molar-refractivity contribution in [2.75, 3.05) is 26.2 Å². The fourth-order valence-electron chi connectivity index (χ4n) is 2.39. The van der Waals surface area contributed by atoms with Crippen LogP contribution in [0.3, 0.4) is 0 Å². The second-order valence-electron chi connectivity index (χ2n) is 4.85. The number of aromatic nitrogens is 3. The Morgan fingerprint density at radius 3 is 2.63 bits per heavy atom. The molecule has 0 bridgehead atoms. The zero-order chi connectivity index (χ0) is 13.1. The van der Waals surface area contributed by atoms with E-state index in [0.29, 0.717) is 0 Å². The van der Waals surface area contributed by atoms with Gasteiger partial charge in [-0.05, 0) is 19.1 Å². The molecule has 1 aliphatic rings. The summed E-state index contributed by atoms with van der Waals surface area (Å²) in [6.07, 6.45) is 0. The highest BCUT2D eigenvalue weighted by molar-refractivity contribution is 5.30. The average Bonchev–Trinajstić information content (AvgIpc) is 2.82. The lowest BCUT2D eigenvalue weighted by Crippen LogP contribution is -2.43. The van der Waals surface area contributed by atoms with Crippen LogP contribution in [0.5, 0.6) is 0 Å². The molecule has 1 N–H and O–H groups in total. The van der Waals surface area contributed by atoms with Crippen molar-refractivity contribution in [1.29, 1.82) is 0 Å². The van der Waals surface area contributed by atoms with Gasteiger partial charge in [0.05, 0.1) is 12.2 Å². The van der Waals surface area contributed by atoms with Crippen LogP contribution >= 0.6 is 0 Å². The quantitative estimate of drug-likeness (QED) is 0.890. The van der Waals surface area contributed by atoms with E-state index in [9.17, 15) is 0 Å². The van der Waals surface area contributed by atoms with Gasteiger partial charge in [-0.2, -0.15) is 0 Å². The molecule has 5 heteroatoms. The molecule has 1 saturated heterocycles. The third kappa shape index (κ3) is 2.83. The van der Waals surface area contributed by atoms with Crippen LogP contribution in [0.15, 0.2) is 30.3 Å². The zero-order valence-corrected chi connectivity index (χ0v) is 11.2. The van der Waals surface area contributed by atoms with Gasteiger partial charge in [-0.15, -0.1) is 5.10 Å². The van der Waals surface area contributed by atoms with E-state index in [1.165, 1.54) is 0 Å². The molecule has 2 heterocycles. The summed E-state index contributed by atoms with van der Waals surface area (Å²) in [5, 5.41) is 7.97. The Balaban J connectivity index is 1.77. The standard InChI is InChI=1S/C14H19N5/c1-12-16-14(11-18-9-7-15-8-10-18)17-19(12)13-5-3-2-4-6-13/h2-6,15H,7-11H2,1H3. The topological polar surface area (TPSA) is 46.0 Å². The van der Waals surface area contributed by atoms with Crippen molar-refractivity contribution in [3.63, 3.8) is 0 Å². The van der Waals surface area contributed by atoms with Gasteiger partial charge in [0.15, 0.2) is 5.82 Å². The maximum Gasteiger partial charge on any atom is 0.165 e. The van der Waals surface area contributed by atoms with E-state index < -0.39 is 0 Å². The number of hydrogen-bond donors (Lipinski definition) is 1. The normalized spacial score (nSPS) is 16.7. The van der Waals surface area contributed by atoms with Crippen molar-refractivity contribution in [3.8, 4) is 5.69 Å². The first-order valence-electron chi connectivity index (χ1n) is 6.74. The molecule has 0 unspecified atom stereocenters. The summed E-state index contributed by atoms with van der Waals surface area (Å²) in [6.45, 7) is 7.08. The summed E-state index contributed by atoms with van der Waals surface area (Å²) in [4.78, 5) is 6.96. The molecule has 1 aromatic carbocycles. The molecule has 3 rings (SSSR count). The Morgan fingerprint density at radius 2 is 1.89 bits per heavy atom. The van der Waals surface area contributed by atoms with Crippen molar-refractivity contribution < 1.29 is 0 Å². The molecule has 5 nitrogen and oxygen atoms in total. The number of nitrogens with one attached hydrogen (secondary N) is 1. The minimum absolute atomic E-state index is 0.836. The second-order valence-corrected chi connectivity index (χ2v) is 4.85. The minimum Gasteiger partial charge on any atom is -0.314 e. The van der Waals surface area contributed by atoms with Crippen molar-refractivity contribution in [1.82, 2.24) is 25.0 Å². The molecule has 1 aromatic heterocycles. The number of para-hydroxylation sites is 1. The smallest absolute Gasteiger partial charge is 0.165 e. The highest BCUT2D eigenvalue weighted by atomic mass is 15.4. The maximum atomic E-state index is 4.62. The molecule has 0 atom stereocenters. The van der Waals surface area contributed by atoms with Crippen LogP contribution in [0.2, 0.25) is 0 Å². The van der Waals surface area contributed by atoms with Gasteiger partial charge in [-0.1, -0.05) is 18.2 Å². The summed E-state index contributed by atoms with van der Waals surface area (Å²) in [5.74, 6) is 1.85. The van der Waals surface area contributed by atoms with Gasteiger partial charge in [0.2, 0.25) is 0 Å². The lowest BCUT2D eigenvalue weighted by atomic mass is 10.3. The highest BCUT2D eigenvalue weighted by Crippen LogP contribution is 2.10. The largest absolute Gasteiger partial charge is 0.314 e. The second kappa shape index (κ2) is 5.50. The number of benzene rings is 1. The third-order valence-corrected chi connectivity index (χ3v) is 3.39. The van der Waals surface area contributed by atoms with Crippen LogP contribution < -0.4 is 5.32 Å². The van der Waals surface area contributed by atoms with Crippen LogP contribution in [0.1, 0.15) is 11.6 Å². The Morgan fingerprint density at radius 1 is 1.16 bits per heavy atom. The van der Waals surface area contributed by atoms with Crippen LogP contribution in [-0.2, 0) is 6.54 Å². The number of rotatable bonds is 3. The van der Waals surface area contributed by atoms with Gasteiger partial charge in [0.25, 0.3) is 0 Å². The van der Waals surface area contributed by atoms with Crippen LogP contribution in [0, 0.1) is 6.92 Å². The van der Waals surface area contributed by atoms with E-state index >= 15 is 0 Å². The number of hydrogen-bond acceptors (Lipinski definition) is 4. The van der Waals surface area contributed by atoms with Gasteiger partial charge in [0.1, 0.15) is 5.82 Å². The molecule has 2 aromatic rings. The molecule has 0 saturated carbocycles. The fourth-order valence-corrected chi connectivity index (χ4v) is 2.39. The molecule has 0 amide bonds. The zero-order valence-electron chi connectivity index (χ0n) is 11.2. The van der Waals surface area contributed by atoms with Crippen molar-refractivity contribution in [3.05, 3.63) is 42.0 Å². The van der Waals surface area contributed by atoms with Crippen LogP contribution in [0.4, 0.5) is 0 Å². The molecule has 1 aliphatic heterocycles. The van der Waals surface area contributed by atoms with E-state index in [4.69, 9.17) is 0 Å². The van der Waals surface area contributed by atoms with Gasteiger partial charge in [-0.25, -0.2) is 9.67 Å². The predicted molar refractivity (Wildman–Crippen MR) is 74.2 cm³/mol. The molecule has 0 spiro atoms. The number of nitrogens with zero attached hydrogens (tertiary/aromatic N) is 4.